The molecule has 2 heterocycles. The fourth-order valence-corrected chi connectivity index (χ4v) is 2.88. The molecule has 1 unspecified atom stereocenters. The van der Waals surface area contributed by atoms with Crippen molar-refractivity contribution in [1.82, 2.24) is 9.80 Å². The topological polar surface area (TPSA) is 56.2 Å². The van der Waals surface area contributed by atoms with Gasteiger partial charge in [-0.3, -0.25) is 9.69 Å². The second kappa shape index (κ2) is 6.24. The highest BCUT2D eigenvalue weighted by Gasteiger charge is 2.24. The van der Waals surface area contributed by atoms with Gasteiger partial charge in [-0.1, -0.05) is 6.07 Å². The smallest absolute Gasteiger partial charge is 0.264 e. The van der Waals surface area contributed by atoms with Gasteiger partial charge < -0.3 is 19.6 Å². The van der Waals surface area contributed by atoms with E-state index in [1.54, 1.807) is 11.9 Å². The van der Waals surface area contributed by atoms with E-state index < -0.39 is 6.10 Å². The molecule has 22 heavy (non-hydrogen) atoms. The lowest BCUT2D eigenvalue weighted by atomic mass is 10.1. The Balaban J connectivity index is 1.70. The minimum Gasteiger partial charge on any atom is -0.482 e. The molecule has 6 nitrogen and oxygen atoms in total. The molecule has 0 radical (unpaired) electrons. The van der Waals surface area contributed by atoms with E-state index in [2.05, 4.69) is 16.8 Å². The minimum absolute atomic E-state index is 0.0711. The van der Waals surface area contributed by atoms with Crippen LogP contribution in [0.3, 0.4) is 0 Å². The summed E-state index contributed by atoms with van der Waals surface area (Å²) < 4.78 is 5.41. The summed E-state index contributed by atoms with van der Waals surface area (Å²) in [5, 5.41) is 10.5. The third-order valence-electron chi connectivity index (χ3n) is 4.48. The zero-order valence-corrected chi connectivity index (χ0v) is 13.2. The zero-order valence-electron chi connectivity index (χ0n) is 13.2. The molecule has 1 aromatic rings. The van der Waals surface area contributed by atoms with Crippen LogP contribution in [0.25, 0.3) is 0 Å². The summed E-state index contributed by atoms with van der Waals surface area (Å²) in [6.45, 7) is 4.70. The quantitative estimate of drug-likeness (QED) is 0.872. The lowest BCUT2D eigenvalue weighted by Gasteiger charge is -2.34. The summed E-state index contributed by atoms with van der Waals surface area (Å²) in [7, 11) is 3.85. The van der Waals surface area contributed by atoms with Crippen LogP contribution in [-0.2, 0) is 4.79 Å². The number of hydrogen-bond acceptors (Lipinski definition) is 5. The van der Waals surface area contributed by atoms with Crippen molar-refractivity contribution < 1.29 is 14.6 Å². The molecule has 2 aliphatic heterocycles. The molecule has 0 aromatic heterocycles. The van der Waals surface area contributed by atoms with Crippen LogP contribution >= 0.6 is 0 Å². The molecule has 1 amide bonds. The molecule has 0 spiro atoms. The number of aliphatic hydroxyl groups excluding tert-OH is 1. The summed E-state index contributed by atoms with van der Waals surface area (Å²) >= 11 is 0. The standard InChI is InChI=1S/C16H23N3O3/c1-17-5-7-19(8-6-17)10-14(20)12-3-4-15-13(9-12)18(2)16(21)11-22-15/h3-4,9,14,20H,5-8,10-11H2,1-2H3. The van der Waals surface area contributed by atoms with Gasteiger partial charge in [0.25, 0.3) is 5.91 Å². The van der Waals surface area contributed by atoms with Gasteiger partial charge in [0.2, 0.25) is 0 Å². The van der Waals surface area contributed by atoms with Gasteiger partial charge in [0.15, 0.2) is 6.61 Å². The molecule has 120 valence electrons. The fraction of sp³-hybridized carbons (Fsp3) is 0.562. The van der Waals surface area contributed by atoms with Gasteiger partial charge in [-0.15, -0.1) is 0 Å². The summed E-state index contributed by atoms with van der Waals surface area (Å²) in [6, 6.07) is 5.57. The molecule has 1 N–H and O–H groups in total. The van der Waals surface area contributed by atoms with E-state index in [4.69, 9.17) is 4.74 Å². The van der Waals surface area contributed by atoms with Crippen LogP contribution < -0.4 is 9.64 Å². The number of anilines is 1. The number of piperazine rings is 1. The molecular formula is C16H23N3O3. The van der Waals surface area contributed by atoms with Crippen LogP contribution in [0.5, 0.6) is 5.75 Å². The first-order valence-electron chi connectivity index (χ1n) is 7.67. The molecule has 0 saturated carbocycles. The molecule has 6 heteroatoms. The lowest BCUT2D eigenvalue weighted by molar-refractivity contribution is -0.120. The minimum atomic E-state index is -0.556. The number of likely N-dealkylation sites (N-methyl/N-ethyl adjacent to an activating group) is 2. The van der Waals surface area contributed by atoms with Crippen LogP contribution in [0.15, 0.2) is 18.2 Å². The van der Waals surface area contributed by atoms with Crippen molar-refractivity contribution >= 4 is 11.6 Å². The normalized spacial score (nSPS) is 21.4. The van der Waals surface area contributed by atoms with Crippen LogP contribution in [0.2, 0.25) is 0 Å². The highest BCUT2D eigenvalue weighted by atomic mass is 16.5. The second-order valence-electron chi connectivity index (χ2n) is 6.09. The summed E-state index contributed by atoms with van der Waals surface area (Å²) in [4.78, 5) is 17.9. The second-order valence-corrected chi connectivity index (χ2v) is 6.09. The predicted molar refractivity (Wildman–Crippen MR) is 84.2 cm³/mol. The Kier molecular flexibility index (Phi) is 4.33. The fourth-order valence-electron chi connectivity index (χ4n) is 2.88. The van der Waals surface area contributed by atoms with Crippen molar-refractivity contribution in [1.29, 1.82) is 0 Å². The Morgan fingerprint density at radius 1 is 1.23 bits per heavy atom. The van der Waals surface area contributed by atoms with Crippen molar-refractivity contribution in [2.24, 2.45) is 0 Å². The van der Waals surface area contributed by atoms with Gasteiger partial charge in [-0.2, -0.15) is 0 Å². The summed E-state index contributed by atoms with van der Waals surface area (Å²) in [5.74, 6) is 0.621. The van der Waals surface area contributed by atoms with Gasteiger partial charge >= 0.3 is 0 Å². The number of fused-ring (bicyclic) bond motifs is 1. The van der Waals surface area contributed by atoms with Crippen molar-refractivity contribution in [3.05, 3.63) is 23.8 Å². The Morgan fingerprint density at radius 3 is 2.68 bits per heavy atom. The Labute approximate surface area is 130 Å². The number of aliphatic hydroxyl groups is 1. The Hall–Kier alpha value is -1.63. The molecule has 2 aliphatic rings. The predicted octanol–water partition coefficient (Wildman–Crippen LogP) is 0.323. The van der Waals surface area contributed by atoms with E-state index in [9.17, 15) is 9.90 Å². The van der Waals surface area contributed by atoms with E-state index in [1.165, 1.54) is 0 Å². The first kappa shape index (κ1) is 15.3. The summed E-state index contributed by atoms with van der Waals surface area (Å²) in [6.07, 6.45) is -0.556. The maximum absolute atomic E-state index is 11.7. The zero-order chi connectivity index (χ0) is 15.7. The van der Waals surface area contributed by atoms with Crippen LogP contribution in [-0.4, -0.2) is 74.2 Å². The number of β-amino-alcohol motifs (C(OH)–C–C–N with tert-alkyl or cyclic N) is 1. The molecule has 1 fully saturated rings. The Morgan fingerprint density at radius 2 is 1.95 bits per heavy atom. The van der Waals surface area contributed by atoms with E-state index in [-0.39, 0.29) is 12.5 Å². The largest absolute Gasteiger partial charge is 0.482 e. The average Bonchev–Trinajstić information content (AvgIpc) is 2.53. The number of ether oxygens (including phenoxy) is 1. The summed E-state index contributed by atoms with van der Waals surface area (Å²) in [5.41, 5.74) is 1.55. The van der Waals surface area contributed by atoms with Gasteiger partial charge in [-0.25, -0.2) is 0 Å². The van der Waals surface area contributed by atoms with E-state index >= 15 is 0 Å². The van der Waals surface area contributed by atoms with Crippen LogP contribution in [0.1, 0.15) is 11.7 Å². The molecule has 0 aliphatic carbocycles. The maximum atomic E-state index is 11.7. The van der Waals surface area contributed by atoms with E-state index in [1.807, 2.05) is 18.2 Å². The first-order valence-corrected chi connectivity index (χ1v) is 7.67. The number of nitrogens with zero attached hydrogens (tertiary/aromatic N) is 3. The number of benzene rings is 1. The number of hydrogen-bond donors (Lipinski definition) is 1. The highest BCUT2D eigenvalue weighted by molar-refractivity contribution is 5.97. The van der Waals surface area contributed by atoms with E-state index in [0.717, 1.165) is 37.4 Å². The van der Waals surface area contributed by atoms with Gasteiger partial charge in [0, 0.05) is 39.8 Å². The van der Waals surface area contributed by atoms with Crippen molar-refractivity contribution in [2.45, 2.75) is 6.10 Å². The molecular weight excluding hydrogens is 282 g/mol. The Bertz CT molecular complexity index is 556. The third-order valence-corrected chi connectivity index (χ3v) is 4.48. The van der Waals surface area contributed by atoms with Crippen LogP contribution in [0.4, 0.5) is 5.69 Å². The van der Waals surface area contributed by atoms with Crippen molar-refractivity contribution in [2.75, 3.05) is 58.3 Å². The number of rotatable bonds is 3. The lowest BCUT2D eigenvalue weighted by Crippen LogP contribution is -2.45. The first-order chi connectivity index (χ1) is 10.5. The molecule has 1 saturated heterocycles. The number of carbonyl (C=O) groups is 1. The van der Waals surface area contributed by atoms with E-state index in [0.29, 0.717) is 12.3 Å². The van der Waals surface area contributed by atoms with Gasteiger partial charge in [0.1, 0.15) is 5.75 Å². The third kappa shape index (κ3) is 3.09. The molecule has 1 atom stereocenters. The molecule has 3 rings (SSSR count). The highest BCUT2D eigenvalue weighted by Crippen LogP contribution is 2.33. The molecule has 0 bridgehead atoms. The maximum Gasteiger partial charge on any atom is 0.264 e. The van der Waals surface area contributed by atoms with Crippen molar-refractivity contribution in [3.63, 3.8) is 0 Å². The van der Waals surface area contributed by atoms with Crippen LogP contribution in [0, 0.1) is 0 Å². The van der Waals surface area contributed by atoms with Gasteiger partial charge in [-0.05, 0) is 24.7 Å². The number of amides is 1. The van der Waals surface area contributed by atoms with Crippen molar-refractivity contribution in [3.8, 4) is 5.75 Å². The molecule has 1 aromatic carbocycles. The monoisotopic (exact) mass is 305 g/mol. The van der Waals surface area contributed by atoms with Gasteiger partial charge in [0.05, 0.1) is 11.8 Å². The SMILES string of the molecule is CN1CCN(CC(O)c2ccc3c(c2)N(C)C(=O)CO3)CC1. The average molecular weight is 305 g/mol. The number of carbonyl (C=O) groups excluding carboxylic acids is 1.